The van der Waals surface area contributed by atoms with Gasteiger partial charge in [-0.25, -0.2) is 0 Å². The number of benzene rings is 1. The topological polar surface area (TPSA) is 48.5 Å². The Morgan fingerprint density at radius 1 is 1.03 bits per heavy atom. The fourth-order valence-electron chi connectivity index (χ4n) is 5.25. The Morgan fingerprint density at radius 3 is 2.41 bits per heavy atom. The first-order chi connectivity index (χ1) is 15.6. The third kappa shape index (κ3) is 6.17. The highest BCUT2D eigenvalue weighted by molar-refractivity contribution is 5.78. The lowest BCUT2D eigenvalue weighted by Gasteiger charge is -2.43. The molecule has 2 aliphatic heterocycles. The molecule has 1 amide bonds. The maximum atomic E-state index is 12.6. The van der Waals surface area contributed by atoms with E-state index in [1.807, 2.05) is 18.3 Å². The summed E-state index contributed by atoms with van der Waals surface area (Å²) < 4.78 is 0. The van der Waals surface area contributed by atoms with Gasteiger partial charge in [0.05, 0.1) is 0 Å². The highest BCUT2D eigenvalue weighted by atomic mass is 16.1. The number of amides is 1. The summed E-state index contributed by atoms with van der Waals surface area (Å²) in [6, 6.07) is 14.2. The Bertz CT molecular complexity index is 838. The molecule has 2 aliphatic rings. The van der Waals surface area contributed by atoms with Gasteiger partial charge in [-0.15, -0.1) is 0 Å². The number of pyridine rings is 1. The van der Waals surface area contributed by atoms with Gasteiger partial charge in [0.15, 0.2) is 0 Å². The molecule has 5 nitrogen and oxygen atoms in total. The Labute approximate surface area is 193 Å². The molecule has 1 N–H and O–H groups in total. The lowest BCUT2D eigenvalue weighted by atomic mass is 9.92. The number of piperidine rings is 2. The lowest BCUT2D eigenvalue weighted by molar-refractivity contribution is -0.126. The molecule has 1 aromatic heterocycles. The van der Waals surface area contributed by atoms with Gasteiger partial charge in [0.2, 0.25) is 5.91 Å². The van der Waals surface area contributed by atoms with Crippen molar-refractivity contribution in [1.29, 1.82) is 0 Å². The second-order valence-electron chi connectivity index (χ2n) is 9.70. The van der Waals surface area contributed by atoms with Crippen LogP contribution in [-0.4, -0.2) is 59.0 Å². The predicted molar refractivity (Wildman–Crippen MR) is 129 cm³/mol. The van der Waals surface area contributed by atoms with Gasteiger partial charge >= 0.3 is 0 Å². The van der Waals surface area contributed by atoms with Gasteiger partial charge in [-0.05, 0) is 89.3 Å². The van der Waals surface area contributed by atoms with Crippen molar-refractivity contribution in [1.82, 2.24) is 20.1 Å². The second kappa shape index (κ2) is 11.1. The highest BCUT2D eigenvalue weighted by Gasteiger charge is 2.31. The molecular weight excluding hydrogens is 396 g/mol. The molecular formula is C27H38N4O. The first kappa shape index (κ1) is 22.9. The van der Waals surface area contributed by atoms with Crippen LogP contribution >= 0.6 is 0 Å². The van der Waals surface area contributed by atoms with E-state index in [4.69, 9.17) is 0 Å². The number of aryl methyl sites for hydroxylation is 1. The Kier molecular flexibility index (Phi) is 7.93. The standard InChI is InChI=1S/C27H38N4O/c1-21-5-7-23(8-6-21)18-22(2)30-16-11-26(12-17-30)31-14-9-25(10-15-31)27(32)29-20-24-4-3-13-28-19-24/h3-8,13,19,22,25-26H,9-12,14-18,20H2,1-2H3,(H,29,32). The number of hydrogen-bond donors (Lipinski definition) is 1. The molecule has 172 valence electrons. The van der Waals surface area contributed by atoms with Crippen molar-refractivity contribution in [3.05, 3.63) is 65.5 Å². The molecule has 3 heterocycles. The molecule has 2 fully saturated rings. The molecule has 1 aromatic carbocycles. The second-order valence-corrected chi connectivity index (χ2v) is 9.70. The summed E-state index contributed by atoms with van der Waals surface area (Å²) >= 11 is 0. The summed E-state index contributed by atoms with van der Waals surface area (Å²) in [6.07, 6.45) is 9.15. The minimum Gasteiger partial charge on any atom is -0.352 e. The van der Waals surface area contributed by atoms with E-state index in [2.05, 4.69) is 58.2 Å². The number of likely N-dealkylation sites (tertiary alicyclic amines) is 2. The van der Waals surface area contributed by atoms with Crippen LogP contribution in [0.1, 0.15) is 49.3 Å². The summed E-state index contributed by atoms with van der Waals surface area (Å²) in [5.41, 5.74) is 3.83. The maximum Gasteiger partial charge on any atom is 0.223 e. The smallest absolute Gasteiger partial charge is 0.223 e. The van der Waals surface area contributed by atoms with Crippen LogP contribution in [0.15, 0.2) is 48.8 Å². The average molecular weight is 435 g/mol. The summed E-state index contributed by atoms with van der Waals surface area (Å²) in [5, 5.41) is 3.10. The number of carbonyl (C=O) groups excluding carboxylic acids is 1. The van der Waals surface area contributed by atoms with E-state index in [1.165, 1.54) is 37.1 Å². The van der Waals surface area contributed by atoms with Gasteiger partial charge in [-0.3, -0.25) is 9.78 Å². The quantitative estimate of drug-likeness (QED) is 0.720. The summed E-state index contributed by atoms with van der Waals surface area (Å²) in [7, 11) is 0. The van der Waals surface area contributed by atoms with Crippen molar-refractivity contribution in [2.45, 2.75) is 64.6 Å². The van der Waals surface area contributed by atoms with Crippen LogP contribution in [0.4, 0.5) is 0 Å². The molecule has 2 saturated heterocycles. The van der Waals surface area contributed by atoms with Crippen LogP contribution in [0.5, 0.6) is 0 Å². The molecule has 4 rings (SSSR count). The summed E-state index contributed by atoms with van der Waals surface area (Å²) in [6.45, 7) is 9.56. The van der Waals surface area contributed by atoms with Gasteiger partial charge in [0.25, 0.3) is 0 Å². The molecule has 0 bridgehead atoms. The number of hydrogen-bond acceptors (Lipinski definition) is 4. The van der Waals surface area contributed by atoms with Crippen molar-refractivity contribution in [2.75, 3.05) is 26.2 Å². The summed E-state index contributed by atoms with van der Waals surface area (Å²) in [5.74, 6) is 0.353. The SMILES string of the molecule is Cc1ccc(CC(C)N2CCC(N3CCC(C(=O)NCc4cccnc4)CC3)CC2)cc1. The predicted octanol–water partition coefficient (Wildman–Crippen LogP) is 3.81. The van der Waals surface area contributed by atoms with E-state index >= 15 is 0 Å². The number of carbonyl (C=O) groups is 1. The zero-order valence-corrected chi connectivity index (χ0v) is 19.7. The first-order valence-corrected chi connectivity index (χ1v) is 12.3. The monoisotopic (exact) mass is 434 g/mol. The van der Waals surface area contributed by atoms with Gasteiger partial charge in [0, 0.05) is 36.9 Å². The molecule has 0 aliphatic carbocycles. The molecule has 0 saturated carbocycles. The van der Waals surface area contributed by atoms with E-state index in [-0.39, 0.29) is 11.8 Å². The minimum atomic E-state index is 0.151. The molecule has 0 spiro atoms. The number of nitrogens with zero attached hydrogens (tertiary/aromatic N) is 3. The fraction of sp³-hybridized carbons (Fsp3) is 0.556. The Morgan fingerprint density at radius 2 is 1.75 bits per heavy atom. The van der Waals surface area contributed by atoms with Crippen molar-refractivity contribution in [2.24, 2.45) is 5.92 Å². The first-order valence-electron chi connectivity index (χ1n) is 12.3. The van der Waals surface area contributed by atoms with E-state index in [1.54, 1.807) is 6.20 Å². The van der Waals surface area contributed by atoms with Crippen LogP contribution < -0.4 is 5.32 Å². The fourth-order valence-corrected chi connectivity index (χ4v) is 5.25. The number of nitrogens with one attached hydrogen (secondary N) is 1. The molecule has 0 radical (unpaired) electrons. The summed E-state index contributed by atoms with van der Waals surface area (Å²) in [4.78, 5) is 22.0. The van der Waals surface area contributed by atoms with Crippen molar-refractivity contribution < 1.29 is 4.79 Å². The van der Waals surface area contributed by atoms with Crippen molar-refractivity contribution >= 4 is 5.91 Å². The molecule has 5 heteroatoms. The molecule has 32 heavy (non-hydrogen) atoms. The lowest BCUT2D eigenvalue weighted by Crippen LogP contribution is -2.50. The van der Waals surface area contributed by atoms with Crippen LogP contribution in [0.2, 0.25) is 0 Å². The third-order valence-corrected chi connectivity index (χ3v) is 7.38. The van der Waals surface area contributed by atoms with Gasteiger partial charge in [-0.2, -0.15) is 0 Å². The normalized spacial score (nSPS) is 20.2. The van der Waals surface area contributed by atoms with Gasteiger partial charge in [0.1, 0.15) is 0 Å². The van der Waals surface area contributed by atoms with Gasteiger partial charge in [-0.1, -0.05) is 35.9 Å². The van der Waals surface area contributed by atoms with Crippen LogP contribution in [0.3, 0.4) is 0 Å². The van der Waals surface area contributed by atoms with E-state index in [0.717, 1.165) is 37.9 Å². The zero-order valence-electron chi connectivity index (χ0n) is 19.7. The van der Waals surface area contributed by atoms with Gasteiger partial charge < -0.3 is 15.1 Å². The Hall–Kier alpha value is -2.24. The van der Waals surface area contributed by atoms with E-state index in [0.29, 0.717) is 18.6 Å². The van der Waals surface area contributed by atoms with E-state index in [9.17, 15) is 4.79 Å². The van der Waals surface area contributed by atoms with Crippen molar-refractivity contribution in [3.8, 4) is 0 Å². The van der Waals surface area contributed by atoms with Crippen LogP contribution in [-0.2, 0) is 17.8 Å². The van der Waals surface area contributed by atoms with E-state index < -0.39 is 0 Å². The maximum absolute atomic E-state index is 12.6. The molecule has 1 unspecified atom stereocenters. The van der Waals surface area contributed by atoms with Crippen molar-refractivity contribution in [3.63, 3.8) is 0 Å². The van der Waals surface area contributed by atoms with Crippen LogP contribution in [0, 0.1) is 12.8 Å². The molecule has 2 aromatic rings. The average Bonchev–Trinajstić information content (AvgIpc) is 2.85. The minimum absolute atomic E-state index is 0.151. The Balaban J connectivity index is 1.16. The number of aromatic nitrogens is 1. The largest absolute Gasteiger partial charge is 0.352 e. The third-order valence-electron chi connectivity index (χ3n) is 7.38. The molecule has 1 atom stereocenters. The van der Waals surface area contributed by atoms with Crippen LogP contribution in [0.25, 0.3) is 0 Å². The number of rotatable bonds is 7. The zero-order chi connectivity index (χ0) is 22.3. The highest BCUT2D eigenvalue weighted by Crippen LogP contribution is 2.25.